The van der Waals surface area contributed by atoms with E-state index in [0.717, 1.165) is 0 Å². The van der Waals surface area contributed by atoms with Crippen LogP contribution in [0.15, 0.2) is 24.3 Å². The van der Waals surface area contributed by atoms with Crippen molar-refractivity contribution in [3.63, 3.8) is 0 Å². The van der Waals surface area contributed by atoms with Gasteiger partial charge < -0.3 is 4.74 Å². The van der Waals surface area contributed by atoms with Crippen molar-refractivity contribution in [1.82, 2.24) is 4.72 Å². The van der Waals surface area contributed by atoms with Crippen LogP contribution in [0.3, 0.4) is 0 Å². The van der Waals surface area contributed by atoms with E-state index in [9.17, 15) is 8.42 Å². The van der Waals surface area contributed by atoms with Crippen LogP contribution in [0.5, 0.6) is 5.75 Å². The summed E-state index contributed by atoms with van der Waals surface area (Å²) in [6, 6.07) is 7.08. The molecule has 1 N–H and O–H groups in total. The van der Waals surface area contributed by atoms with E-state index in [2.05, 4.69) is 4.72 Å². The zero-order valence-corrected chi connectivity index (χ0v) is 11.4. The first-order valence-electron chi connectivity index (χ1n) is 5.33. The van der Waals surface area contributed by atoms with Crippen molar-refractivity contribution >= 4 is 21.6 Å². The maximum atomic E-state index is 11.2. The van der Waals surface area contributed by atoms with Gasteiger partial charge in [0, 0.05) is 6.54 Å². The first-order valence-corrected chi connectivity index (χ1v) is 7.36. The molecule has 0 saturated carbocycles. The maximum absolute atomic E-state index is 11.2. The molecule has 0 bridgehead atoms. The molecule has 1 rings (SSSR count). The zero-order valence-electron chi connectivity index (χ0n) is 9.81. The van der Waals surface area contributed by atoms with Crippen LogP contribution in [-0.2, 0) is 10.0 Å². The van der Waals surface area contributed by atoms with Gasteiger partial charge in [0.05, 0.1) is 10.8 Å². The van der Waals surface area contributed by atoms with E-state index >= 15 is 0 Å². The lowest BCUT2D eigenvalue weighted by Gasteiger charge is -2.16. The first-order chi connectivity index (χ1) is 7.94. The number of para-hydroxylation sites is 1. The molecule has 0 aliphatic heterocycles. The third-order valence-electron chi connectivity index (χ3n) is 2.14. The van der Waals surface area contributed by atoms with Crippen molar-refractivity contribution in [3.8, 4) is 5.75 Å². The van der Waals surface area contributed by atoms with Crippen molar-refractivity contribution in [2.75, 3.05) is 12.3 Å². The van der Waals surface area contributed by atoms with E-state index in [1.165, 1.54) is 0 Å². The Morgan fingerprint density at radius 3 is 2.65 bits per heavy atom. The van der Waals surface area contributed by atoms with Crippen LogP contribution in [0.25, 0.3) is 0 Å². The van der Waals surface area contributed by atoms with Gasteiger partial charge in [-0.3, -0.25) is 0 Å². The summed E-state index contributed by atoms with van der Waals surface area (Å²) >= 11 is 5.92. The first kappa shape index (κ1) is 14.3. The molecular weight excluding hydrogens is 262 g/mol. The Kier molecular flexibility index (Phi) is 5.24. The lowest BCUT2D eigenvalue weighted by molar-refractivity contribution is 0.225. The Hall–Kier alpha value is -0.780. The van der Waals surface area contributed by atoms with Crippen LogP contribution in [0, 0.1) is 0 Å². The highest BCUT2D eigenvalue weighted by molar-refractivity contribution is 7.89. The fourth-order valence-corrected chi connectivity index (χ4v) is 2.02. The molecule has 96 valence electrons. The average Bonchev–Trinajstić information content (AvgIpc) is 2.30. The minimum atomic E-state index is -3.18. The van der Waals surface area contributed by atoms with Crippen molar-refractivity contribution < 1.29 is 13.2 Å². The summed E-state index contributed by atoms with van der Waals surface area (Å²) in [5.41, 5.74) is 0. The summed E-state index contributed by atoms with van der Waals surface area (Å²) < 4.78 is 30.4. The van der Waals surface area contributed by atoms with Gasteiger partial charge in [-0.15, -0.1) is 0 Å². The van der Waals surface area contributed by atoms with Gasteiger partial charge in [0.1, 0.15) is 11.9 Å². The molecule has 1 unspecified atom stereocenters. The lowest BCUT2D eigenvalue weighted by atomic mass is 10.3. The van der Waals surface area contributed by atoms with Crippen LogP contribution in [0.4, 0.5) is 0 Å². The maximum Gasteiger partial charge on any atom is 0.211 e. The molecule has 0 aromatic heterocycles. The molecule has 4 nitrogen and oxygen atoms in total. The van der Waals surface area contributed by atoms with Crippen molar-refractivity contribution in [2.24, 2.45) is 0 Å². The predicted octanol–water partition coefficient (Wildman–Crippen LogP) is 2.05. The van der Waals surface area contributed by atoms with Crippen LogP contribution in [-0.4, -0.2) is 26.8 Å². The molecule has 0 saturated heterocycles. The molecule has 0 spiro atoms. The van der Waals surface area contributed by atoms with Crippen LogP contribution >= 0.6 is 11.6 Å². The second-order valence-electron chi connectivity index (χ2n) is 3.61. The SMILES string of the molecule is CCS(=O)(=O)NCC(C)Oc1ccccc1Cl. The van der Waals surface area contributed by atoms with E-state index in [0.29, 0.717) is 10.8 Å². The van der Waals surface area contributed by atoms with Crippen molar-refractivity contribution in [2.45, 2.75) is 20.0 Å². The summed E-state index contributed by atoms with van der Waals surface area (Å²) in [7, 11) is -3.18. The number of hydrogen-bond acceptors (Lipinski definition) is 3. The molecule has 0 amide bonds. The summed E-state index contributed by atoms with van der Waals surface area (Å²) in [5.74, 6) is 0.614. The third-order valence-corrected chi connectivity index (χ3v) is 3.81. The van der Waals surface area contributed by atoms with Crippen LogP contribution in [0.1, 0.15) is 13.8 Å². The van der Waals surface area contributed by atoms with E-state index in [1.807, 2.05) is 6.07 Å². The monoisotopic (exact) mass is 277 g/mol. The highest BCUT2D eigenvalue weighted by atomic mass is 35.5. The molecule has 0 aliphatic carbocycles. The Bertz CT molecular complexity index is 462. The Labute approximate surface area is 107 Å². The third kappa shape index (κ3) is 4.93. The Morgan fingerprint density at radius 1 is 1.41 bits per heavy atom. The highest BCUT2D eigenvalue weighted by Gasteiger charge is 2.11. The normalized spacial score (nSPS) is 13.4. The van der Waals surface area contributed by atoms with Gasteiger partial charge in [-0.1, -0.05) is 23.7 Å². The second kappa shape index (κ2) is 6.23. The van der Waals surface area contributed by atoms with Gasteiger partial charge in [0.2, 0.25) is 10.0 Å². The standard InChI is InChI=1S/C11H16ClNO3S/c1-3-17(14,15)13-8-9(2)16-11-7-5-4-6-10(11)12/h4-7,9,13H,3,8H2,1-2H3. The second-order valence-corrected chi connectivity index (χ2v) is 6.11. The zero-order chi connectivity index (χ0) is 12.9. The number of nitrogens with one attached hydrogen (secondary N) is 1. The molecule has 6 heteroatoms. The van der Waals surface area contributed by atoms with Gasteiger partial charge in [-0.05, 0) is 26.0 Å². The molecule has 1 atom stereocenters. The summed E-state index contributed by atoms with van der Waals surface area (Å²) in [4.78, 5) is 0. The van der Waals surface area contributed by atoms with Gasteiger partial charge in [-0.2, -0.15) is 0 Å². The average molecular weight is 278 g/mol. The van der Waals surface area contributed by atoms with E-state index < -0.39 is 10.0 Å². The number of halogens is 1. The van der Waals surface area contributed by atoms with Gasteiger partial charge in [-0.25, -0.2) is 13.1 Å². The lowest BCUT2D eigenvalue weighted by Crippen LogP contribution is -2.34. The molecule has 0 fully saturated rings. The molecule has 1 aromatic carbocycles. The summed E-state index contributed by atoms with van der Waals surface area (Å²) in [5, 5.41) is 0.512. The fourth-order valence-electron chi connectivity index (χ4n) is 1.15. The number of ether oxygens (including phenoxy) is 1. The van der Waals surface area contributed by atoms with Crippen molar-refractivity contribution in [3.05, 3.63) is 29.3 Å². The quantitative estimate of drug-likeness (QED) is 0.866. The molecule has 1 aromatic rings. The Morgan fingerprint density at radius 2 is 2.06 bits per heavy atom. The molecule has 0 aliphatic rings. The Balaban J connectivity index is 2.51. The fraction of sp³-hybridized carbons (Fsp3) is 0.455. The van der Waals surface area contributed by atoms with Gasteiger partial charge >= 0.3 is 0 Å². The number of sulfonamides is 1. The minimum absolute atomic E-state index is 0.0613. The topological polar surface area (TPSA) is 55.4 Å². The van der Waals surface area contributed by atoms with Crippen LogP contribution < -0.4 is 9.46 Å². The van der Waals surface area contributed by atoms with Gasteiger partial charge in [0.15, 0.2) is 0 Å². The highest BCUT2D eigenvalue weighted by Crippen LogP contribution is 2.23. The summed E-state index contributed by atoms with van der Waals surface area (Å²) in [6.07, 6.45) is -0.281. The molecule has 17 heavy (non-hydrogen) atoms. The smallest absolute Gasteiger partial charge is 0.211 e. The molecule has 0 radical (unpaired) electrons. The van der Waals surface area contributed by atoms with E-state index in [4.69, 9.17) is 16.3 Å². The molecular formula is C11H16ClNO3S. The number of hydrogen-bond donors (Lipinski definition) is 1. The van der Waals surface area contributed by atoms with E-state index in [1.54, 1.807) is 32.0 Å². The predicted molar refractivity (Wildman–Crippen MR) is 69.0 cm³/mol. The number of rotatable bonds is 6. The van der Waals surface area contributed by atoms with E-state index in [-0.39, 0.29) is 18.4 Å². The largest absolute Gasteiger partial charge is 0.488 e. The van der Waals surface area contributed by atoms with Crippen LogP contribution in [0.2, 0.25) is 5.02 Å². The van der Waals surface area contributed by atoms with Crippen molar-refractivity contribution in [1.29, 1.82) is 0 Å². The minimum Gasteiger partial charge on any atom is -0.488 e. The number of benzene rings is 1. The van der Waals surface area contributed by atoms with Gasteiger partial charge in [0.25, 0.3) is 0 Å². The summed E-state index contributed by atoms with van der Waals surface area (Å²) in [6.45, 7) is 3.59. The molecule has 0 heterocycles.